The van der Waals surface area contributed by atoms with E-state index < -0.39 is 0 Å². The zero-order chi connectivity index (χ0) is 14.0. The second-order valence-electron chi connectivity index (χ2n) is 5.14. The van der Waals surface area contributed by atoms with Crippen molar-refractivity contribution in [2.45, 2.75) is 33.7 Å². The number of fused-ring (bicyclic) bond motifs is 1. The van der Waals surface area contributed by atoms with Crippen molar-refractivity contribution >= 4 is 34.2 Å². The molecule has 4 heteroatoms. The highest BCUT2D eigenvalue weighted by molar-refractivity contribution is 6.38. The molecule has 1 heterocycles. The molecule has 2 nitrogen and oxygen atoms in total. The Kier molecular flexibility index (Phi) is 4.77. The molecule has 0 atom stereocenters. The van der Waals surface area contributed by atoms with Crippen LogP contribution in [-0.2, 0) is 13.0 Å². The van der Waals surface area contributed by atoms with Gasteiger partial charge in [0, 0.05) is 22.0 Å². The molecule has 0 saturated carbocycles. The summed E-state index contributed by atoms with van der Waals surface area (Å²) >= 11 is 12.4. The first kappa shape index (κ1) is 14.7. The minimum absolute atomic E-state index is 0.549. The van der Waals surface area contributed by atoms with E-state index in [9.17, 15) is 0 Å². The van der Waals surface area contributed by atoms with Gasteiger partial charge in [-0.25, -0.2) is 0 Å². The summed E-state index contributed by atoms with van der Waals surface area (Å²) in [6.07, 6.45) is 0.953. The van der Waals surface area contributed by atoms with Crippen molar-refractivity contribution in [3.05, 3.63) is 33.5 Å². The van der Waals surface area contributed by atoms with Gasteiger partial charge < -0.3 is 9.73 Å². The number of benzene rings is 1. The fourth-order valence-corrected chi connectivity index (χ4v) is 2.85. The molecule has 0 bridgehead atoms. The van der Waals surface area contributed by atoms with Crippen LogP contribution in [0.3, 0.4) is 0 Å². The minimum atomic E-state index is 0.549. The highest BCUT2D eigenvalue weighted by Crippen LogP contribution is 2.35. The summed E-state index contributed by atoms with van der Waals surface area (Å²) < 4.78 is 5.93. The molecule has 1 aromatic carbocycles. The molecule has 2 rings (SSSR count). The third-order valence-electron chi connectivity index (χ3n) is 3.04. The van der Waals surface area contributed by atoms with E-state index in [0.29, 0.717) is 16.0 Å². The van der Waals surface area contributed by atoms with Crippen LogP contribution >= 0.6 is 23.2 Å². The standard InChI is InChI=1S/C15H19Cl2NO/c1-4-18-8-14-11(5-9(2)3)15-12(17)6-10(16)7-13(15)19-14/h6-7,9,18H,4-5,8H2,1-3H3. The summed E-state index contributed by atoms with van der Waals surface area (Å²) in [5.41, 5.74) is 1.98. The van der Waals surface area contributed by atoms with Crippen LogP contribution in [0.1, 0.15) is 32.1 Å². The van der Waals surface area contributed by atoms with Gasteiger partial charge in [-0.1, -0.05) is 44.0 Å². The fraction of sp³-hybridized carbons (Fsp3) is 0.467. The van der Waals surface area contributed by atoms with Crippen LogP contribution in [0.4, 0.5) is 0 Å². The van der Waals surface area contributed by atoms with Crippen molar-refractivity contribution in [1.29, 1.82) is 0 Å². The third-order valence-corrected chi connectivity index (χ3v) is 3.55. The maximum Gasteiger partial charge on any atom is 0.137 e. The Morgan fingerprint density at radius 3 is 2.63 bits per heavy atom. The molecule has 1 aromatic heterocycles. The molecule has 0 radical (unpaired) electrons. The number of hydrogen-bond donors (Lipinski definition) is 1. The molecule has 0 aliphatic rings. The highest BCUT2D eigenvalue weighted by Gasteiger charge is 2.18. The van der Waals surface area contributed by atoms with Crippen molar-refractivity contribution < 1.29 is 4.42 Å². The molecule has 104 valence electrons. The lowest BCUT2D eigenvalue weighted by Gasteiger charge is -2.07. The Labute approximate surface area is 124 Å². The van der Waals surface area contributed by atoms with Crippen molar-refractivity contribution in [3.8, 4) is 0 Å². The first-order chi connectivity index (χ1) is 9.02. The van der Waals surface area contributed by atoms with Gasteiger partial charge in [0.1, 0.15) is 11.3 Å². The van der Waals surface area contributed by atoms with E-state index in [1.54, 1.807) is 6.07 Å². The van der Waals surface area contributed by atoms with Crippen LogP contribution < -0.4 is 5.32 Å². The second-order valence-corrected chi connectivity index (χ2v) is 5.99. The van der Waals surface area contributed by atoms with Gasteiger partial charge in [-0.2, -0.15) is 0 Å². The Hall–Kier alpha value is -0.700. The van der Waals surface area contributed by atoms with E-state index in [4.69, 9.17) is 27.6 Å². The van der Waals surface area contributed by atoms with Gasteiger partial charge in [-0.3, -0.25) is 0 Å². The van der Waals surface area contributed by atoms with Crippen molar-refractivity contribution in [1.82, 2.24) is 5.32 Å². The lowest BCUT2D eigenvalue weighted by Crippen LogP contribution is -2.12. The first-order valence-electron chi connectivity index (χ1n) is 6.63. The molecule has 0 unspecified atom stereocenters. The molecular formula is C15H19Cl2NO. The lowest BCUT2D eigenvalue weighted by molar-refractivity contribution is 0.506. The van der Waals surface area contributed by atoms with Crippen molar-refractivity contribution in [3.63, 3.8) is 0 Å². The van der Waals surface area contributed by atoms with Gasteiger partial charge in [0.25, 0.3) is 0 Å². The average Bonchev–Trinajstić information content (AvgIpc) is 2.63. The predicted octanol–water partition coefficient (Wildman–Crippen LogP) is 5.05. The Bertz CT molecular complexity index is 575. The summed E-state index contributed by atoms with van der Waals surface area (Å²) in [6.45, 7) is 8.10. The third kappa shape index (κ3) is 3.25. The van der Waals surface area contributed by atoms with E-state index >= 15 is 0 Å². The van der Waals surface area contributed by atoms with Gasteiger partial charge in [0.2, 0.25) is 0 Å². The summed E-state index contributed by atoms with van der Waals surface area (Å²) in [4.78, 5) is 0. The molecule has 2 aromatic rings. The minimum Gasteiger partial charge on any atom is -0.459 e. The fourth-order valence-electron chi connectivity index (χ4n) is 2.26. The zero-order valence-electron chi connectivity index (χ0n) is 11.5. The normalized spacial score (nSPS) is 11.7. The van der Waals surface area contributed by atoms with Gasteiger partial charge in [-0.15, -0.1) is 0 Å². The van der Waals surface area contributed by atoms with E-state index in [1.807, 2.05) is 6.07 Å². The maximum atomic E-state index is 6.33. The van der Waals surface area contributed by atoms with Crippen molar-refractivity contribution in [2.24, 2.45) is 5.92 Å². The van der Waals surface area contributed by atoms with Crippen molar-refractivity contribution in [2.75, 3.05) is 6.54 Å². The smallest absolute Gasteiger partial charge is 0.137 e. The lowest BCUT2D eigenvalue weighted by atomic mass is 9.99. The molecular weight excluding hydrogens is 281 g/mol. The molecule has 0 aliphatic carbocycles. The predicted molar refractivity (Wildman–Crippen MR) is 82.2 cm³/mol. The second kappa shape index (κ2) is 6.17. The van der Waals surface area contributed by atoms with Gasteiger partial charge in [-0.05, 0) is 24.9 Å². The number of hydrogen-bond acceptors (Lipinski definition) is 2. The van der Waals surface area contributed by atoms with Crippen LogP contribution in [0.5, 0.6) is 0 Å². The molecule has 19 heavy (non-hydrogen) atoms. The molecule has 0 saturated heterocycles. The largest absolute Gasteiger partial charge is 0.459 e. The summed E-state index contributed by atoms with van der Waals surface area (Å²) in [7, 11) is 0. The van der Waals surface area contributed by atoms with Crippen LogP contribution in [-0.4, -0.2) is 6.54 Å². The monoisotopic (exact) mass is 299 g/mol. The quantitative estimate of drug-likeness (QED) is 0.836. The maximum absolute atomic E-state index is 6.33. The summed E-state index contributed by atoms with van der Waals surface area (Å²) in [6, 6.07) is 3.61. The summed E-state index contributed by atoms with van der Waals surface area (Å²) in [5, 5.41) is 5.59. The van der Waals surface area contributed by atoms with Crippen LogP contribution in [0.15, 0.2) is 16.5 Å². The van der Waals surface area contributed by atoms with E-state index in [1.165, 1.54) is 5.56 Å². The molecule has 0 aliphatic heterocycles. The van der Waals surface area contributed by atoms with Gasteiger partial charge >= 0.3 is 0 Å². The van der Waals surface area contributed by atoms with E-state index in [-0.39, 0.29) is 0 Å². The molecule has 0 spiro atoms. The number of nitrogens with one attached hydrogen (secondary N) is 1. The zero-order valence-corrected chi connectivity index (χ0v) is 13.0. The molecule has 0 amide bonds. The number of halogens is 2. The van der Waals surface area contributed by atoms with Gasteiger partial charge in [0.05, 0.1) is 11.6 Å². The van der Waals surface area contributed by atoms with Crippen LogP contribution in [0.2, 0.25) is 10.0 Å². The first-order valence-corrected chi connectivity index (χ1v) is 7.38. The Morgan fingerprint density at radius 2 is 2.00 bits per heavy atom. The van der Waals surface area contributed by atoms with Crippen LogP contribution in [0, 0.1) is 5.92 Å². The van der Waals surface area contributed by atoms with E-state index in [0.717, 1.165) is 36.2 Å². The van der Waals surface area contributed by atoms with Gasteiger partial charge in [0.15, 0.2) is 0 Å². The molecule has 0 fully saturated rings. The number of furan rings is 1. The molecule has 1 N–H and O–H groups in total. The average molecular weight is 300 g/mol. The van der Waals surface area contributed by atoms with E-state index in [2.05, 4.69) is 26.1 Å². The number of rotatable bonds is 5. The Balaban J connectivity index is 2.56. The summed E-state index contributed by atoms with van der Waals surface area (Å²) in [5.74, 6) is 1.52. The topological polar surface area (TPSA) is 25.2 Å². The Morgan fingerprint density at radius 1 is 1.26 bits per heavy atom. The SMILES string of the molecule is CCNCc1oc2cc(Cl)cc(Cl)c2c1CC(C)C. The van der Waals surface area contributed by atoms with Crippen LogP contribution in [0.25, 0.3) is 11.0 Å². The highest BCUT2D eigenvalue weighted by atomic mass is 35.5.